The summed E-state index contributed by atoms with van der Waals surface area (Å²) >= 11 is 1.38. The van der Waals surface area contributed by atoms with Gasteiger partial charge in [-0.05, 0) is 23.6 Å². The SMILES string of the molecule is CCCCNC(=O)N(CC#N)N1CC(=O)N2[C@@H](c3ccccc3)C(=O)N(Cc3cccc4sc(N)nc34)C[C@@H]21. The molecule has 5 rings (SSSR count). The number of thiazole rings is 1. The van der Waals surface area contributed by atoms with E-state index in [9.17, 15) is 19.6 Å². The molecule has 1 aromatic heterocycles. The third kappa shape index (κ3) is 5.10. The summed E-state index contributed by atoms with van der Waals surface area (Å²) in [6.45, 7) is 2.57. The number of unbranched alkanes of at least 4 members (excludes halogenated alkanes) is 1. The fourth-order valence-corrected chi connectivity index (χ4v) is 5.99. The van der Waals surface area contributed by atoms with E-state index in [0.29, 0.717) is 17.2 Å². The predicted octanol–water partition coefficient (Wildman–Crippen LogP) is 2.68. The number of rotatable bonds is 8. The molecule has 3 aromatic rings. The Morgan fingerprint density at radius 2 is 2.03 bits per heavy atom. The molecule has 0 saturated carbocycles. The monoisotopic (exact) mass is 546 g/mol. The zero-order valence-corrected chi connectivity index (χ0v) is 22.4. The second-order valence-corrected chi connectivity index (χ2v) is 10.6. The smallest absolute Gasteiger partial charge is 0.333 e. The average molecular weight is 547 g/mol. The second-order valence-electron chi connectivity index (χ2n) is 9.53. The Kier molecular flexibility index (Phi) is 7.63. The largest absolute Gasteiger partial charge is 0.375 e. The lowest BCUT2D eigenvalue weighted by Gasteiger charge is -2.46. The minimum absolute atomic E-state index is 0.115. The van der Waals surface area contributed by atoms with E-state index in [1.807, 2.05) is 61.5 Å². The minimum atomic E-state index is -0.866. The van der Waals surface area contributed by atoms with Crippen LogP contribution in [0.3, 0.4) is 0 Å². The molecule has 2 atom stereocenters. The topological polar surface area (TPSA) is 139 Å². The van der Waals surface area contributed by atoms with Gasteiger partial charge in [0.2, 0.25) is 5.91 Å². The zero-order valence-electron chi connectivity index (χ0n) is 21.6. The number of hydrogen-bond acceptors (Lipinski definition) is 8. The highest BCUT2D eigenvalue weighted by Crippen LogP contribution is 2.37. The van der Waals surface area contributed by atoms with Crippen LogP contribution in [0.25, 0.3) is 10.2 Å². The van der Waals surface area contributed by atoms with Gasteiger partial charge in [0, 0.05) is 13.1 Å². The molecule has 0 aliphatic carbocycles. The van der Waals surface area contributed by atoms with Crippen molar-refractivity contribution in [2.24, 2.45) is 0 Å². The summed E-state index contributed by atoms with van der Waals surface area (Å²) < 4.78 is 0.928. The van der Waals surface area contributed by atoms with Gasteiger partial charge < -0.3 is 20.9 Å². The van der Waals surface area contributed by atoms with Gasteiger partial charge in [-0.15, -0.1) is 0 Å². The Hall–Kier alpha value is -4.21. The van der Waals surface area contributed by atoms with E-state index in [2.05, 4.69) is 10.3 Å². The van der Waals surface area contributed by atoms with Crippen LogP contribution in [-0.2, 0) is 16.1 Å². The van der Waals surface area contributed by atoms with Crippen LogP contribution in [-0.4, -0.2) is 75.0 Å². The van der Waals surface area contributed by atoms with E-state index in [1.165, 1.54) is 16.3 Å². The third-order valence-electron chi connectivity index (χ3n) is 7.02. The molecule has 0 radical (unpaired) electrons. The van der Waals surface area contributed by atoms with E-state index in [-0.39, 0.29) is 38.0 Å². The molecular formula is C27H30N8O3S. The molecule has 11 nitrogen and oxygen atoms in total. The van der Waals surface area contributed by atoms with Crippen molar-refractivity contribution >= 4 is 44.5 Å². The summed E-state index contributed by atoms with van der Waals surface area (Å²) in [5, 5.41) is 15.7. The number of aromatic nitrogens is 1. The molecule has 202 valence electrons. The van der Waals surface area contributed by atoms with E-state index in [1.54, 1.807) is 14.8 Å². The molecule has 0 spiro atoms. The first-order chi connectivity index (χ1) is 18.9. The number of carbonyl (C=O) groups excluding carboxylic acids is 3. The van der Waals surface area contributed by atoms with E-state index >= 15 is 0 Å². The van der Waals surface area contributed by atoms with Crippen molar-refractivity contribution < 1.29 is 14.4 Å². The number of carbonyl (C=O) groups is 3. The van der Waals surface area contributed by atoms with Gasteiger partial charge >= 0.3 is 6.03 Å². The van der Waals surface area contributed by atoms with Crippen LogP contribution < -0.4 is 11.1 Å². The molecule has 2 fully saturated rings. The number of urea groups is 1. The number of fused-ring (bicyclic) bond motifs is 2. The molecule has 3 heterocycles. The molecule has 2 aliphatic heterocycles. The van der Waals surface area contributed by atoms with E-state index in [0.717, 1.165) is 28.6 Å². The van der Waals surface area contributed by atoms with Crippen LogP contribution in [0.4, 0.5) is 9.93 Å². The molecule has 0 bridgehead atoms. The quantitative estimate of drug-likeness (QED) is 0.327. The Morgan fingerprint density at radius 3 is 2.77 bits per heavy atom. The Bertz CT molecular complexity index is 1420. The van der Waals surface area contributed by atoms with Crippen LogP contribution in [0, 0.1) is 11.3 Å². The van der Waals surface area contributed by atoms with Crippen LogP contribution in [0.2, 0.25) is 0 Å². The number of nitrogens with zero attached hydrogens (tertiary/aromatic N) is 6. The summed E-state index contributed by atoms with van der Waals surface area (Å²) in [5.74, 6) is -0.493. The van der Waals surface area contributed by atoms with Crippen molar-refractivity contribution in [3.8, 4) is 6.07 Å². The first kappa shape index (κ1) is 26.4. The number of amides is 4. The number of nitrogen functional groups attached to an aromatic ring is 1. The van der Waals surface area contributed by atoms with Gasteiger partial charge in [0.05, 0.1) is 29.4 Å². The molecule has 0 unspecified atom stereocenters. The number of nitriles is 1. The lowest BCUT2D eigenvalue weighted by Crippen LogP contribution is -2.63. The predicted molar refractivity (Wildman–Crippen MR) is 147 cm³/mol. The summed E-state index contributed by atoms with van der Waals surface area (Å²) in [7, 11) is 0. The molecule has 12 heteroatoms. The van der Waals surface area contributed by atoms with Gasteiger partial charge in [0.15, 0.2) is 5.13 Å². The fraction of sp³-hybridized carbons (Fsp3) is 0.370. The number of nitrogens with one attached hydrogen (secondary N) is 1. The van der Waals surface area contributed by atoms with Crippen molar-refractivity contribution in [2.75, 3.05) is 31.9 Å². The number of benzene rings is 2. The van der Waals surface area contributed by atoms with Crippen molar-refractivity contribution in [3.05, 3.63) is 59.7 Å². The summed E-state index contributed by atoms with van der Waals surface area (Å²) in [5.41, 5.74) is 8.23. The summed E-state index contributed by atoms with van der Waals surface area (Å²) in [4.78, 5) is 48.3. The first-order valence-electron chi connectivity index (χ1n) is 12.9. The third-order valence-corrected chi connectivity index (χ3v) is 7.87. The zero-order chi connectivity index (χ0) is 27.5. The average Bonchev–Trinajstić information content (AvgIpc) is 3.47. The van der Waals surface area contributed by atoms with Crippen LogP contribution in [0.5, 0.6) is 0 Å². The van der Waals surface area contributed by atoms with Crippen molar-refractivity contribution in [1.82, 2.24) is 30.1 Å². The van der Waals surface area contributed by atoms with Crippen LogP contribution in [0.1, 0.15) is 36.9 Å². The molecule has 2 saturated heterocycles. The molecule has 2 aromatic carbocycles. The highest BCUT2D eigenvalue weighted by Gasteiger charge is 2.52. The number of hydrogen-bond donors (Lipinski definition) is 2. The maximum Gasteiger partial charge on any atom is 0.333 e. The van der Waals surface area contributed by atoms with E-state index in [4.69, 9.17) is 5.73 Å². The lowest BCUT2D eigenvalue weighted by atomic mass is 10.00. The molecule has 3 N–H and O–H groups in total. The standard InChI is InChI=1S/C27H30N8O3S/c1-2-3-13-30-27(38)33(14-12-28)34-17-22(36)35-21(34)16-32(25(37)24(35)18-8-5-4-6-9-18)15-19-10-7-11-20-23(19)31-26(29)39-20/h4-11,21,24H,2-3,13-17H2,1H3,(H2,29,31)(H,30,38)/t21-,24+/m1/s1. The summed E-state index contributed by atoms with van der Waals surface area (Å²) in [6.07, 6.45) is 1.07. The second kappa shape index (κ2) is 11.3. The highest BCUT2D eigenvalue weighted by atomic mass is 32.1. The molecule has 39 heavy (non-hydrogen) atoms. The van der Waals surface area contributed by atoms with Gasteiger partial charge in [0.25, 0.3) is 5.91 Å². The van der Waals surface area contributed by atoms with Gasteiger partial charge in [-0.25, -0.2) is 14.8 Å². The number of hydrazine groups is 1. The van der Waals surface area contributed by atoms with Crippen LogP contribution in [0.15, 0.2) is 48.5 Å². The van der Waals surface area contributed by atoms with Crippen LogP contribution >= 0.6 is 11.3 Å². The highest BCUT2D eigenvalue weighted by molar-refractivity contribution is 7.22. The summed E-state index contributed by atoms with van der Waals surface area (Å²) in [6, 6.07) is 15.7. The molecule has 2 aliphatic rings. The Balaban J connectivity index is 1.51. The minimum Gasteiger partial charge on any atom is -0.375 e. The van der Waals surface area contributed by atoms with Gasteiger partial charge in [-0.2, -0.15) is 10.3 Å². The Morgan fingerprint density at radius 1 is 1.23 bits per heavy atom. The number of piperazine rings is 1. The number of anilines is 1. The van der Waals surface area contributed by atoms with Crippen molar-refractivity contribution in [2.45, 2.75) is 38.5 Å². The van der Waals surface area contributed by atoms with Gasteiger partial charge in [-0.3, -0.25) is 9.59 Å². The molecular weight excluding hydrogens is 516 g/mol. The normalized spacial score (nSPS) is 19.3. The van der Waals surface area contributed by atoms with Crippen molar-refractivity contribution in [3.63, 3.8) is 0 Å². The van der Waals surface area contributed by atoms with Crippen molar-refractivity contribution in [1.29, 1.82) is 5.26 Å². The lowest BCUT2D eigenvalue weighted by molar-refractivity contribution is -0.158. The maximum atomic E-state index is 14.0. The number of para-hydroxylation sites is 1. The number of nitrogens with two attached hydrogens (primary N) is 1. The first-order valence-corrected chi connectivity index (χ1v) is 13.7. The van der Waals surface area contributed by atoms with E-state index < -0.39 is 18.2 Å². The maximum absolute atomic E-state index is 14.0. The molecule has 4 amide bonds. The Labute approximate surface area is 230 Å². The van der Waals surface area contributed by atoms with Gasteiger partial charge in [0.1, 0.15) is 18.8 Å². The fourth-order valence-electron chi connectivity index (χ4n) is 5.21. The van der Waals surface area contributed by atoms with Gasteiger partial charge in [-0.1, -0.05) is 67.1 Å².